The Bertz CT molecular complexity index is 546. The molecule has 0 saturated heterocycles. The number of hydrogen-bond acceptors (Lipinski definition) is 4. The van der Waals surface area contributed by atoms with E-state index in [-0.39, 0.29) is 13.2 Å². The highest BCUT2D eigenvalue weighted by atomic mass is 35.5. The maximum absolute atomic E-state index is 9.18. The van der Waals surface area contributed by atoms with Crippen LogP contribution in [-0.2, 0) is 13.2 Å². The lowest BCUT2D eigenvalue weighted by molar-refractivity contribution is 0.272. The van der Waals surface area contributed by atoms with E-state index in [1.165, 1.54) is 0 Å². The molecule has 0 unspecified atom stereocenters. The minimum atomic E-state index is -0.252. The summed E-state index contributed by atoms with van der Waals surface area (Å²) >= 11 is 5.84. The maximum atomic E-state index is 9.18. The second kappa shape index (κ2) is 5.82. The summed E-state index contributed by atoms with van der Waals surface area (Å²) in [6, 6.07) is 10.3. The van der Waals surface area contributed by atoms with Gasteiger partial charge in [-0.3, -0.25) is 0 Å². The smallest absolute Gasteiger partial charge is 0.219 e. The SMILES string of the molecule is OCc1ccccc1Oc1ccc(Cl)c(CO)n1. The molecular formula is C13H12ClNO3. The highest BCUT2D eigenvalue weighted by Crippen LogP contribution is 2.26. The zero-order valence-corrected chi connectivity index (χ0v) is 10.3. The lowest BCUT2D eigenvalue weighted by Gasteiger charge is -2.09. The van der Waals surface area contributed by atoms with E-state index in [0.29, 0.717) is 27.9 Å². The van der Waals surface area contributed by atoms with Crippen LogP contribution in [0.5, 0.6) is 11.6 Å². The van der Waals surface area contributed by atoms with Gasteiger partial charge in [-0.2, -0.15) is 0 Å². The molecule has 0 atom stereocenters. The first-order valence-corrected chi connectivity index (χ1v) is 5.75. The molecule has 0 aliphatic heterocycles. The zero-order chi connectivity index (χ0) is 13.0. The summed E-state index contributed by atoms with van der Waals surface area (Å²) in [5, 5.41) is 18.6. The van der Waals surface area contributed by atoms with E-state index in [1.54, 1.807) is 30.3 Å². The first-order chi connectivity index (χ1) is 8.74. The first kappa shape index (κ1) is 12.8. The molecule has 0 bridgehead atoms. The molecule has 0 fully saturated rings. The molecule has 18 heavy (non-hydrogen) atoms. The van der Waals surface area contributed by atoms with Crippen LogP contribution in [0.3, 0.4) is 0 Å². The Morgan fingerprint density at radius 1 is 1.06 bits per heavy atom. The fourth-order valence-electron chi connectivity index (χ4n) is 1.48. The van der Waals surface area contributed by atoms with Crippen LogP contribution in [0.2, 0.25) is 5.02 Å². The van der Waals surface area contributed by atoms with Gasteiger partial charge in [-0.1, -0.05) is 29.8 Å². The van der Waals surface area contributed by atoms with E-state index in [0.717, 1.165) is 0 Å². The Kier molecular flexibility index (Phi) is 4.15. The fourth-order valence-corrected chi connectivity index (χ4v) is 1.64. The standard InChI is InChI=1S/C13H12ClNO3/c14-10-5-6-13(15-11(10)8-17)18-12-4-2-1-3-9(12)7-16/h1-6,16-17H,7-8H2. The van der Waals surface area contributed by atoms with Crippen LogP contribution in [0.15, 0.2) is 36.4 Å². The van der Waals surface area contributed by atoms with E-state index >= 15 is 0 Å². The van der Waals surface area contributed by atoms with Gasteiger partial charge < -0.3 is 14.9 Å². The molecule has 4 nitrogen and oxygen atoms in total. The molecule has 2 rings (SSSR count). The molecule has 0 aliphatic rings. The van der Waals surface area contributed by atoms with E-state index < -0.39 is 0 Å². The van der Waals surface area contributed by atoms with Gasteiger partial charge in [0.15, 0.2) is 0 Å². The van der Waals surface area contributed by atoms with Crippen molar-refractivity contribution in [2.45, 2.75) is 13.2 Å². The predicted octanol–water partition coefficient (Wildman–Crippen LogP) is 2.51. The number of ether oxygens (including phenoxy) is 1. The second-order valence-corrected chi connectivity index (χ2v) is 4.01. The molecule has 1 aromatic carbocycles. The Labute approximate surface area is 109 Å². The van der Waals surface area contributed by atoms with Crippen molar-refractivity contribution < 1.29 is 14.9 Å². The Hall–Kier alpha value is -1.62. The molecule has 94 valence electrons. The number of aliphatic hydroxyl groups is 2. The van der Waals surface area contributed by atoms with Gasteiger partial charge in [0.1, 0.15) is 5.75 Å². The number of nitrogens with zero attached hydrogens (tertiary/aromatic N) is 1. The van der Waals surface area contributed by atoms with Crippen molar-refractivity contribution in [3.8, 4) is 11.6 Å². The van der Waals surface area contributed by atoms with Crippen LogP contribution >= 0.6 is 11.6 Å². The molecule has 2 N–H and O–H groups in total. The van der Waals surface area contributed by atoms with Crippen molar-refractivity contribution in [3.63, 3.8) is 0 Å². The minimum Gasteiger partial charge on any atom is -0.439 e. The van der Waals surface area contributed by atoms with Gasteiger partial charge in [0.2, 0.25) is 5.88 Å². The average Bonchev–Trinajstić information content (AvgIpc) is 2.41. The first-order valence-electron chi connectivity index (χ1n) is 5.37. The summed E-state index contributed by atoms with van der Waals surface area (Å²) in [6.07, 6.45) is 0. The van der Waals surface area contributed by atoms with Crippen LogP contribution < -0.4 is 4.74 Å². The number of rotatable bonds is 4. The van der Waals surface area contributed by atoms with Gasteiger partial charge in [0.05, 0.1) is 23.9 Å². The van der Waals surface area contributed by atoms with E-state index in [9.17, 15) is 5.11 Å². The van der Waals surface area contributed by atoms with Crippen molar-refractivity contribution >= 4 is 11.6 Å². The quantitative estimate of drug-likeness (QED) is 0.892. The fraction of sp³-hybridized carbons (Fsp3) is 0.154. The van der Waals surface area contributed by atoms with Gasteiger partial charge in [-0.05, 0) is 12.1 Å². The number of hydrogen-bond donors (Lipinski definition) is 2. The van der Waals surface area contributed by atoms with Gasteiger partial charge >= 0.3 is 0 Å². The topological polar surface area (TPSA) is 62.6 Å². The third-order valence-corrected chi connectivity index (χ3v) is 2.74. The average molecular weight is 266 g/mol. The third kappa shape index (κ3) is 2.79. The lowest BCUT2D eigenvalue weighted by atomic mass is 10.2. The number of pyridine rings is 1. The number of aliphatic hydroxyl groups excluding tert-OH is 2. The normalized spacial score (nSPS) is 10.4. The Balaban J connectivity index is 2.28. The van der Waals surface area contributed by atoms with Gasteiger partial charge in [-0.15, -0.1) is 0 Å². The molecule has 1 aromatic heterocycles. The van der Waals surface area contributed by atoms with Crippen LogP contribution in [0, 0.1) is 0 Å². The zero-order valence-electron chi connectivity index (χ0n) is 9.51. The van der Waals surface area contributed by atoms with Crippen LogP contribution in [-0.4, -0.2) is 15.2 Å². The molecular weight excluding hydrogens is 254 g/mol. The van der Waals surface area contributed by atoms with Crippen molar-refractivity contribution in [1.82, 2.24) is 4.98 Å². The van der Waals surface area contributed by atoms with Gasteiger partial charge in [0, 0.05) is 11.6 Å². The van der Waals surface area contributed by atoms with Crippen molar-refractivity contribution in [2.24, 2.45) is 0 Å². The molecule has 2 aromatic rings. The molecule has 0 saturated carbocycles. The molecule has 0 aliphatic carbocycles. The monoisotopic (exact) mass is 265 g/mol. The number of aromatic nitrogens is 1. The van der Waals surface area contributed by atoms with E-state index in [4.69, 9.17) is 21.4 Å². The van der Waals surface area contributed by atoms with E-state index in [1.807, 2.05) is 6.07 Å². The summed E-state index contributed by atoms with van der Waals surface area (Å²) in [6.45, 7) is -0.367. The van der Waals surface area contributed by atoms with E-state index in [2.05, 4.69) is 4.98 Å². The van der Waals surface area contributed by atoms with Crippen LogP contribution in [0.25, 0.3) is 0 Å². The van der Waals surface area contributed by atoms with Gasteiger partial charge in [0.25, 0.3) is 0 Å². The summed E-state index contributed by atoms with van der Waals surface area (Å²) in [4.78, 5) is 4.08. The maximum Gasteiger partial charge on any atom is 0.219 e. The van der Waals surface area contributed by atoms with Crippen LogP contribution in [0.1, 0.15) is 11.3 Å². The number of halogens is 1. The molecule has 1 heterocycles. The highest BCUT2D eigenvalue weighted by Gasteiger charge is 2.07. The predicted molar refractivity (Wildman–Crippen MR) is 67.6 cm³/mol. The highest BCUT2D eigenvalue weighted by molar-refractivity contribution is 6.31. The van der Waals surface area contributed by atoms with Crippen molar-refractivity contribution in [3.05, 3.63) is 52.7 Å². The Morgan fingerprint density at radius 3 is 2.56 bits per heavy atom. The second-order valence-electron chi connectivity index (χ2n) is 3.60. The van der Waals surface area contributed by atoms with Crippen molar-refractivity contribution in [1.29, 1.82) is 0 Å². The molecule has 0 radical (unpaired) electrons. The lowest BCUT2D eigenvalue weighted by Crippen LogP contribution is -1.96. The molecule has 5 heteroatoms. The molecule has 0 amide bonds. The van der Waals surface area contributed by atoms with Crippen LogP contribution in [0.4, 0.5) is 0 Å². The Morgan fingerprint density at radius 2 is 1.83 bits per heavy atom. The summed E-state index contributed by atoms with van der Waals surface area (Å²) < 4.78 is 5.56. The minimum absolute atomic E-state index is 0.114. The third-order valence-electron chi connectivity index (χ3n) is 2.40. The number of benzene rings is 1. The summed E-state index contributed by atoms with van der Waals surface area (Å²) in [5.74, 6) is 0.850. The summed E-state index contributed by atoms with van der Waals surface area (Å²) in [7, 11) is 0. The van der Waals surface area contributed by atoms with Gasteiger partial charge in [-0.25, -0.2) is 4.98 Å². The summed E-state index contributed by atoms with van der Waals surface area (Å²) in [5.41, 5.74) is 1.02. The number of para-hydroxylation sites is 1. The molecule has 0 spiro atoms. The van der Waals surface area contributed by atoms with Crippen molar-refractivity contribution in [2.75, 3.05) is 0 Å². The largest absolute Gasteiger partial charge is 0.439 e.